The van der Waals surface area contributed by atoms with Crippen molar-refractivity contribution in [2.24, 2.45) is 5.73 Å². The van der Waals surface area contributed by atoms with Crippen LogP contribution in [0.4, 0.5) is 5.69 Å². The van der Waals surface area contributed by atoms with Gasteiger partial charge in [-0.25, -0.2) is 0 Å². The maximum absolute atomic E-state index is 12.1. The monoisotopic (exact) mass is 353 g/mol. The SMILES string of the molecule is CC(C)(N)C(=O)N1CCN(c2ccc(Cl)cc2)CC1.Cl.Cl. The minimum Gasteiger partial charge on any atom is -0.368 e. The highest BCUT2D eigenvalue weighted by molar-refractivity contribution is 6.30. The molecule has 7 heteroatoms. The summed E-state index contributed by atoms with van der Waals surface area (Å²) in [4.78, 5) is 16.2. The Labute approximate surface area is 143 Å². The fraction of sp³-hybridized carbons (Fsp3) is 0.500. The molecule has 120 valence electrons. The smallest absolute Gasteiger partial charge is 0.242 e. The van der Waals surface area contributed by atoms with Crippen molar-refractivity contribution in [3.05, 3.63) is 29.3 Å². The average molecular weight is 355 g/mol. The molecule has 0 atom stereocenters. The fourth-order valence-corrected chi connectivity index (χ4v) is 2.35. The van der Waals surface area contributed by atoms with Crippen molar-refractivity contribution in [3.63, 3.8) is 0 Å². The van der Waals surface area contributed by atoms with E-state index in [1.807, 2.05) is 29.2 Å². The largest absolute Gasteiger partial charge is 0.368 e. The van der Waals surface area contributed by atoms with Gasteiger partial charge >= 0.3 is 0 Å². The van der Waals surface area contributed by atoms with Crippen LogP contribution in [0.15, 0.2) is 24.3 Å². The number of piperazine rings is 1. The van der Waals surface area contributed by atoms with Gasteiger partial charge in [0.2, 0.25) is 5.91 Å². The Hall–Kier alpha value is -0.680. The van der Waals surface area contributed by atoms with Crippen LogP contribution in [0, 0.1) is 0 Å². The lowest BCUT2D eigenvalue weighted by atomic mass is 10.0. The maximum Gasteiger partial charge on any atom is 0.242 e. The first-order valence-corrected chi connectivity index (χ1v) is 6.84. The molecule has 1 amide bonds. The second-order valence-electron chi connectivity index (χ2n) is 5.48. The summed E-state index contributed by atoms with van der Waals surface area (Å²) in [5.74, 6) is 0.0169. The summed E-state index contributed by atoms with van der Waals surface area (Å²) >= 11 is 5.88. The predicted octanol–water partition coefficient (Wildman–Crippen LogP) is 2.57. The molecule has 21 heavy (non-hydrogen) atoms. The number of amides is 1. The van der Waals surface area contributed by atoms with Crippen LogP contribution in [0.5, 0.6) is 0 Å². The molecular formula is C14H22Cl3N3O. The average Bonchev–Trinajstić information content (AvgIpc) is 2.38. The van der Waals surface area contributed by atoms with Gasteiger partial charge in [-0.1, -0.05) is 11.6 Å². The topological polar surface area (TPSA) is 49.6 Å². The molecule has 1 heterocycles. The van der Waals surface area contributed by atoms with Crippen molar-refractivity contribution >= 4 is 48.0 Å². The Balaban J connectivity index is 0.00000200. The lowest BCUT2D eigenvalue weighted by molar-refractivity contribution is -0.136. The second-order valence-corrected chi connectivity index (χ2v) is 5.91. The van der Waals surface area contributed by atoms with Gasteiger partial charge in [0.15, 0.2) is 0 Å². The van der Waals surface area contributed by atoms with Gasteiger partial charge in [0.25, 0.3) is 0 Å². The summed E-state index contributed by atoms with van der Waals surface area (Å²) in [6.07, 6.45) is 0. The van der Waals surface area contributed by atoms with Crippen LogP contribution < -0.4 is 10.6 Å². The van der Waals surface area contributed by atoms with E-state index < -0.39 is 5.54 Å². The molecule has 0 unspecified atom stereocenters. The lowest BCUT2D eigenvalue weighted by Crippen LogP contribution is -2.57. The molecule has 0 spiro atoms. The number of benzene rings is 1. The van der Waals surface area contributed by atoms with Crippen LogP contribution in [0.2, 0.25) is 5.02 Å². The Bertz CT molecular complexity index is 452. The Morgan fingerprint density at radius 1 is 1.10 bits per heavy atom. The number of carbonyl (C=O) groups excluding carboxylic acids is 1. The van der Waals surface area contributed by atoms with Crippen LogP contribution in [-0.4, -0.2) is 42.5 Å². The van der Waals surface area contributed by atoms with E-state index in [9.17, 15) is 4.79 Å². The van der Waals surface area contributed by atoms with Gasteiger partial charge in [0.1, 0.15) is 0 Å². The van der Waals surface area contributed by atoms with Crippen molar-refractivity contribution in [2.75, 3.05) is 31.1 Å². The Kier molecular flexibility index (Phi) is 7.82. The standard InChI is InChI=1S/C14H20ClN3O.2ClH/c1-14(2,16)13(19)18-9-7-17(8-10-18)12-5-3-11(15)4-6-12;;/h3-6H,7-10,16H2,1-2H3;2*1H. The molecule has 1 aliphatic heterocycles. The third kappa shape index (κ3) is 5.22. The van der Waals surface area contributed by atoms with E-state index in [2.05, 4.69) is 4.90 Å². The number of hydrogen-bond acceptors (Lipinski definition) is 3. The van der Waals surface area contributed by atoms with Crippen molar-refractivity contribution in [3.8, 4) is 0 Å². The first-order chi connectivity index (χ1) is 8.88. The van der Waals surface area contributed by atoms with Crippen molar-refractivity contribution in [1.29, 1.82) is 0 Å². The first-order valence-electron chi connectivity index (χ1n) is 6.47. The molecule has 4 nitrogen and oxygen atoms in total. The molecule has 1 aliphatic rings. The second kappa shape index (κ2) is 8.08. The van der Waals surface area contributed by atoms with E-state index in [1.165, 1.54) is 0 Å². The summed E-state index contributed by atoms with van der Waals surface area (Å²) in [5.41, 5.74) is 6.21. The van der Waals surface area contributed by atoms with E-state index in [1.54, 1.807) is 13.8 Å². The molecule has 2 rings (SSSR count). The molecule has 1 aromatic rings. The molecule has 0 bridgehead atoms. The van der Waals surface area contributed by atoms with E-state index in [4.69, 9.17) is 17.3 Å². The molecule has 0 saturated carbocycles. The summed E-state index contributed by atoms with van der Waals surface area (Å²) in [6, 6.07) is 7.79. The van der Waals surface area contributed by atoms with Crippen LogP contribution in [0.25, 0.3) is 0 Å². The highest BCUT2D eigenvalue weighted by Gasteiger charge is 2.30. The number of anilines is 1. The molecule has 1 aromatic carbocycles. The number of nitrogens with zero attached hydrogens (tertiary/aromatic N) is 2. The minimum absolute atomic E-state index is 0. The summed E-state index contributed by atoms with van der Waals surface area (Å²) in [5, 5.41) is 0.738. The number of hydrogen-bond donors (Lipinski definition) is 1. The first kappa shape index (κ1) is 20.3. The molecular weight excluding hydrogens is 333 g/mol. The number of rotatable bonds is 2. The Morgan fingerprint density at radius 2 is 1.57 bits per heavy atom. The van der Waals surface area contributed by atoms with Crippen LogP contribution >= 0.6 is 36.4 Å². The van der Waals surface area contributed by atoms with Gasteiger partial charge in [-0.3, -0.25) is 4.79 Å². The molecule has 1 fully saturated rings. The van der Waals surface area contributed by atoms with Gasteiger partial charge in [0, 0.05) is 36.9 Å². The van der Waals surface area contributed by atoms with Crippen molar-refractivity contribution in [2.45, 2.75) is 19.4 Å². The molecule has 0 aromatic heterocycles. The van der Waals surface area contributed by atoms with Crippen molar-refractivity contribution in [1.82, 2.24) is 4.90 Å². The van der Waals surface area contributed by atoms with Gasteiger partial charge in [-0.05, 0) is 38.1 Å². The highest BCUT2D eigenvalue weighted by Crippen LogP contribution is 2.20. The van der Waals surface area contributed by atoms with E-state index in [0.717, 1.165) is 23.8 Å². The summed E-state index contributed by atoms with van der Waals surface area (Å²) in [7, 11) is 0. The number of nitrogens with two attached hydrogens (primary N) is 1. The summed E-state index contributed by atoms with van der Waals surface area (Å²) < 4.78 is 0. The number of carbonyl (C=O) groups is 1. The third-order valence-electron chi connectivity index (χ3n) is 3.31. The zero-order chi connectivity index (χ0) is 14.0. The van der Waals surface area contributed by atoms with Crippen LogP contribution in [0.1, 0.15) is 13.8 Å². The number of halogens is 3. The predicted molar refractivity (Wildman–Crippen MR) is 93.0 cm³/mol. The highest BCUT2D eigenvalue weighted by atomic mass is 35.5. The molecule has 1 saturated heterocycles. The Morgan fingerprint density at radius 3 is 2.00 bits per heavy atom. The minimum atomic E-state index is -0.789. The molecule has 0 aliphatic carbocycles. The molecule has 2 N–H and O–H groups in total. The van der Waals surface area contributed by atoms with Crippen LogP contribution in [0.3, 0.4) is 0 Å². The quantitative estimate of drug-likeness (QED) is 0.888. The van der Waals surface area contributed by atoms with E-state index >= 15 is 0 Å². The van der Waals surface area contributed by atoms with E-state index in [-0.39, 0.29) is 30.7 Å². The normalized spacial score (nSPS) is 15.0. The zero-order valence-electron chi connectivity index (χ0n) is 12.2. The molecule has 0 radical (unpaired) electrons. The van der Waals surface area contributed by atoms with Gasteiger partial charge in [-0.2, -0.15) is 0 Å². The zero-order valence-corrected chi connectivity index (χ0v) is 14.6. The third-order valence-corrected chi connectivity index (χ3v) is 3.56. The summed E-state index contributed by atoms with van der Waals surface area (Å²) in [6.45, 7) is 6.57. The van der Waals surface area contributed by atoms with Crippen molar-refractivity contribution < 1.29 is 4.79 Å². The van der Waals surface area contributed by atoms with Gasteiger partial charge in [-0.15, -0.1) is 24.8 Å². The van der Waals surface area contributed by atoms with Gasteiger partial charge < -0.3 is 15.5 Å². The van der Waals surface area contributed by atoms with E-state index in [0.29, 0.717) is 13.1 Å². The maximum atomic E-state index is 12.1. The van der Waals surface area contributed by atoms with Gasteiger partial charge in [0.05, 0.1) is 5.54 Å². The van der Waals surface area contributed by atoms with Crippen LogP contribution in [-0.2, 0) is 4.79 Å². The fourth-order valence-electron chi connectivity index (χ4n) is 2.23. The lowest BCUT2D eigenvalue weighted by Gasteiger charge is -2.38.